The average Bonchev–Trinajstić information content (AvgIpc) is 3.20. The Bertz CT molecular complexity index is 1390. The van der Waals surface area contributed by atoms with Crippen LogP contribution in [0.1, 0.15) is 68.9 Å². The van der Waals surface area contributed by atoms with E-state index in [1.165, 1.54) is 0 Å². The van der Waals surface area contributed by atoms with Crippen molar-refractivity contribution in [3.8, 4) is 23.7 Å². The molecule has 0 radical (unpaired) electrons. The maximum absolute atomic E-state index is 13.6. The van der Waals surface area contributed by atoms with E-state index in [0.29, 0.717) is 34.1 Å². The van der Waals surface area contributed by atoms with Gasteiger partial charge in [-0.25, -0.2) is 4.98 Å². The number of aromatic nitrogens is 1. The lowest BCUT2D eigenvalue weighted by molar-refractivity contribution is -0.199. The molecule has 0 unspecified atom stereocenters. The number of nitriles is 1. The highest BCUT2D eigenvalue weighted by atomic mass is 35.5. The predicted octanol–water partition coefficient (Wildman–Crippen LogP) is 4.48. The van der Waals surface area contributed by atoms with Crippen LogP contribution in [0.5, 0.6) is 5.75 Å². The Morgan fingerprint density at radius 2 is 1.82 bits per heavy atom. The van der Waals surface area contributed by atoms with Crippen molar-refractivity contribution in [1.29, 1.82) is 5.26 Å². The van der Waals surface area contributed by atoms with Gasteiger partial charge in [-0.05, 0) is 44.0 Å². The van der Waals surface area contributed by atoms with Crippen molar-refractivity contribution >= 4 is 17.5 Å². The molecule has 39 heavy (non-hydrogen) atoms. The second-order valence-corrected chi connectivity index (χ2v) is 12.9. The zero-order valence-corrected chi connectivity index (χ0v) is 24.3. The molecule has 204 valence electrons. The molecule has 1 saturated heterocycles. The van der Waals surface area contributed by atoms with E-state index in [0.717, 1.165) is 31.9 Å². The molecule has 2 aliphatic heterocycles. The molecule has 1 saturated carbocycles. The van der Waals surface area contributed by atoms with E-state index in [2.05, 4.69) is 69.7 Å². The fourth-order valence-corrected chi connectivity index (χ4v) is 7.23. The minimum Gasteiger partial charge on any atom is -0.489 e. The van der Waals surface area contributed by atoms with Gasteiger partial charge in [0.2, 0.25) is 0 Å². The van der Waals surface area contributed by atoms with Crippen molar-refractivity contribution in [3.05, 3.63) is 57.9 Å². The second-order valence-electron chi connectivity index (χ2n) is 12.5. The van der Waals surface area contributed by atoms with Crippen LogP contribution < -0.4 is 10.1 Å². The SMILES string of the molecule is CC(C)(C#Cc1ccc2c(n1)CN([C@H]1C(C)(C)[C@H](Oc3ccc(C#N)c(Cl)c3)C1(C)C)C2=O)N1CCNCC1. The fourth-order valence-electron chi connectivity index (χ4n) is 7.01. The minimum absolute atomic E-state index is 0.00386. The fraction of sp³-hybridized carbons (Fsp3) is 0.516. The number of nitrogens with one attached hydrogen (secondary N) is 1. The van der Waals surface area contributed by atoms with Crippen molar-refractivity contribution < 1.29 is 9.53 Å². The van der Waals surface area contributed by atoms with E-state index in [-0.39, 0.29) is 34.4 Å². The van der Waals surface area contributed by atoms with Gasteiger partial charge in [-0.3, -0.25) is 9.69 Å². The van der Waals surface area contributed by atoms with Crippen LogP contribution in [-0.4, -0.2) is 64.6 Å². The molecule has 5 rings (SSSR count). The number of hydrogen-bond acceptors (Lipinski definition) is 6. The molecular weight excluding hydrogens is 510 g/mol. The lowest BCUT2D eigenvalue weighted by Crippen LogP contribution is -2.74. The molecule has 2 aromatic rings. The first-order chi connectivity index (χ1) is 18.4. The van der Waals surface area contributed by atoms with Crippen LogP contribution in [0.4, 0.5) is 0 Å². The number of nitrogens with zero attached hydrogens (tertiary/aromatic N) is 4. The molecule has 1 aromatic heterocycles. The van der Waals surface area contributed by atoms with Crippen molar-refractivity contribution in [3.63, 3.8) is 0 Å². The maximum atomic E-state index is 13.6. The third kappa shape index (κ3) is 4.78. The molecule has 1 aromatic carbocycles. The summed E-state index contributed by atoms with van der Waals surface area (Å²) in [6.45, 7) is 17.2. The summed E-state index contributed by atoms with van der Waals surface area (Å²) in [5, 5.41) is 12.9. The number of piperazine rings is 1. The first kappa shape index (κ1) is 27.5. The van der Waals surface area contributed by atoms with Gasteiger partial charge in [0.25, 0.3) is 5.91 Å². The van der Waals surface area contributed by atoms with Gasteiger partial charge < -0.3 is 15.0 Å². The molecule has 3 heterocycles. The number of carbonyl (C=O) groups excluding carboxylic acids is 1. The van der Waals surface area contributed by atoms with Gasteiger partial charge in [-0.1, -0.05) is 45.2 Å². The highest BCUT2D eigenvalue weighted by molar-refractivity contribution is 6.31. The molecule has 8 heteroatoms. The zero-order valence-electron chi connectivity index (χ0n) is 23.6. The summed E-state index contributed by atoms with van der Waals surface area (Å²) in [7, 11) is 0. The number of halogens is 1. The van der Waals surface area contributed by atoms with Crippen molar-refractivity contribution in [1.82, 2.24) is 20.1 Å². The molecule has 2 fully saturated rings. The molecule has 3 aliphatic rings. The van der Waals surface area contributed by atoms with Crippen LogP contribution in [0.15, 0.2) is 30.3 Å². The summed E-state index contributed by atoms with van der Waals surface area (Å²) in [4.78, 5) is 22.7. The van der Waals surface area contributed by atoms with Crippen LogP contribution in [0.3, 0.4) is 0 Å². The van der Waals surface area contributed by atoms with Crippen molar-refractivity contribution in [2.24, 2.45) is 10.8 Å². The van der Waals surface area contributed by atoms with Crippen LogP contribution in [-0.2, 0) is 6.54 Å². The van der Waals surface area contributed by atoms with Crippen LogP contribution in [0, 0.1) is 34.0 Å². The molecule has 0 atom stereocenters. The molecule has 1 N–H and O–H groups in total. The number of carbonyl (C=O) groups is 1. The lowest BCUT2D eigenvalue weighted by atomic mass is 9.49. The molecule has 7 nitrogen and oxygen atoms in total. The number of fused-ring (bicyclic) bond motifs is 1. The van der Waals surface area contributed by atoms with Crippen LogP contribution in [0.2, 0.25) is 5.02 Å². The Morgan fingerprint density at radius 1 is 1.13 bits per heavy atom. The highest BCUT2D eigenvalue weighted by Gasteiger charge is 2.67. The Kier molecular flexibility index (Phi) is 6.92. The van der Waals surface area contributed by atoms with Crippen molar-refractivity contribution in [2.45, 2.75) is 65.8 Å². The van der Waals surface area contributed by atoms with E-state index in [1.54, 1.807) is 18.2 Å². The smallest absolute Gasteiger partial charge is 0.256 e. The Hall–Kier alpha value is -3.10. The van der Waals surface area contributed by atoms with Crippen LogP contribution >= 0.6 is 11.6 Å². The van der Waals surface area contributed by atoms with E-state index in [1.807, 2.05) is 17.0 Å². The van der Waals surface area contributed by atoms with Gasteiger partial charge in [0.1, 0.15) is 23.6 Å². The lowest BCUT2D eigenvalue weighted by Gasteiger charge is -2.65. The summed E-state index contributed by atoms with van der Waals surface area (Å²) in [6, 6.07) is 10.9. The number of hydrogen-bond donors (Lipinski definition) is 1. The van der Waals surface area contributed by atoms with Gasteiger partial charge in [-0.2, -0.15) is 5.26 Å². The quantitative estimate of drug-likeness (QED) is 0.571. The van der Waals surface area contributed by atoms with Gasteiger partial charge in [-0.15, -0.1) is 0 Å². The Balaban J connectivity index is 1.33. The third-order valence-corrected chi connectivity index (χ3v) is 8.89. The highest BCUT2D eigenvalue weighted by Crippen LogP contribution is 2.59. The number of amides is 1. The normalized spacial score (nSPS) is 23.7. The third-order valence-electron chi connectivity index (χ3n) is 8.58. The number of rotatable bonds is 4. The Labute approximate surface area is 236 Å². The summed E-state index contributed by atoms with van der Waals surface area (Å²) in [6.07, 6.45) is -0.155. The topological polar surface area (TPSA) is 81.5 Å². The van der Waals surface area contributed by atoms with E-state index in [9.17, 15) is 10.1 Å². The second kappa shape index (κ2) is 9.82. The summed E-state index contributed by atoms with van der Waals surface area (Å²) in [5.41, 5.74) is 1.64. The summed E-state index contributed by atoms with van der Waals surface area (Å²) in [5.74, 6) is 7.31. The molecule has 1 aliphatic carbocycles. The Morgan fingerprint density at radius 3 is 2.46 bits per heavy atom. The molecular formula is C31H36ClN5O2. The van der Waals surface area contributed by atoms with E-state index < -0.39 is 0 Å². The number of ether oxygens (including phenoxy) is 1. The van der Waals surface area contributed by atoms with Gasteiger partial charge in [0, 0.05) is 49.1 Å². The van der Waals surface area contributed by atoms with Crippen LogP contribution in [0.25, 0.3) is 0 Å². The maximum Gasteiger partial charge on any atom is 0.256 e. The molecule has 0 bridgehead atoms. The van der Waals surface area contributed by atoms with E-state index >= 15 is 0 Å². The number of pyridine rings is 1. The minimum atomic E-state index is -0.322. The number of benzene rings is 1. The monoisotopic (exact) mass is 545 g/mol. The first-order valence-corrected chi connectivity index (χ1v) is 13.9. The van der Waals surface area contributed by atoms with E-state index in [4.69, 9.17) is 21.3 Å². The van der Waals surface area contributed by atoms with Gasteiger partial charge >= 0.3 is 0 Å². The average molecular weight is 546 g/mol. The predicted molar refractivity (Wildman–Crippen MR) is 151 cm³/mol. The largest absolute Gasteiger partial charge is 0.489 e. The summed E-state index contributed by atoms with van der Waals surface area (Å²) >= 11 is 6.24. The van der Waals surface area contributed by atoms with Crippen molar-refractivity contribution in [2.75, 3.05) is 26.2 Å². The summed E-state index contributed by atoms with van der Waals surface area (Å²) < 4.78 is 6.42. The molecule has 1 amide bonds. The van der Waals surface area contributed by atoms with Gasteiger partial charge in [0.05, 0.1) is 33.9 Å². The molecule has 0 spiro atoms. The first-order valence-electron chi connectivity index (χ1n) is 13.5. The standard InChI is InChI=1S/C31H36ClN5O2/c1-29(2,36-15-13-34-14-16-36)12-11-21-8-10-23-25(35-21)19-37(26(23)38)27-30(3,4)28(31(27,5)6)39-22-9-7-20(18-33)24(32)17-22/h7-10,17,27-28,34H,13-16,19H2,1-6H3/t27-,28-. The zero-order chi connectivity index (χ0) is 28.2. The van der Waals surface area contributed by atoms with Gasteiger partial charge in [0.15, 0.2) is 0 Å².